The Balaban J connectivity index is 1.53. The summed E-state index contributed by atoms with van der Waals surface area (Å²) in [6.07, 6.45) is 0. The number of nitrogens with one attached hydrogen (secondary N) is 1. The summed E-state index contributed by atoms with van der Waals surface area (Å²) in [5.41, 5.74) is 3.27. The van der Waals surface area contributed by atoms with Crippen molar-refractivity contribution < 1.29 is 23.9 Å². The molecule has 180 valence electrons. The summed E-state index contributed by atoms with van der Waals surface area (Å²) in [4.78, 5) is 57.2. The molecule has 0 saturated heterocycles. The van der Waals surface area contributed by atoms with Crippen molar-refractivity contribution >= 4 is 39.3 Å². The molecule has 1 aromatic carbocycles. The van der Waals surface area contributed by atoms with Crippen LogP contribution in [0.1, 0.15) is 53.2 Å². The number of ether oxygens (including phenoxy) is 2. The topological polar surface area (TPSA) is 120 Å². The molecule has 0 radical (unpaired) electrons. The van der Waals surface area contributed by atoms with Crippen molar-refractivity contribution in [2.75, 3.05) is 13.7 Å². The minimum absolute atomic E-state index is 0.243. The quantitative estimate of drug-likeness (QED) is 0.320. The zero-order valence-corrected chi connectivity index (χ0v) is 20.7. The largest absolute Gasteiger partial charge is 0.465 e. The Hall–Kier alpha value is -4.05. The molecule has 0 spiro atoms. The van der Waals surface area contributed by atoms with Crippen molar-refractivity contribution in [3.05, 3.63) is 79.5 Å². The highest BCUT2D eigenvalue weighted by Crippen LogP contribution is 2.28. The minimum atomic E-state index is -0.678. The smallest absolute Gasteiger partial charge is 0.349 e. The Bertz CT molecular complexity index is 1540. The van der Waals surface area contributed by atoms with E-state index in [0.29, 0.717) is 38.4 Å². The molecule has 0 atom stereocenters. The molecule has 3 heterocycles. The van der Waals surface area contributed by atoms with Gasteiger partial charge in [0.25, 0.3) is 5.56 Å². The number of carbonyl (C=O) groups excluding carboxylic acids is 3. The molecule has 0 aliphatic rings. The number of benzene rings is 1. The highest BCUT2D eigenvalue weighted by Gasteiger charge is 2.23. The van der Waals surface area contributed by atoms with Gasteiger partial charge in [-0.15, -0.1) is 11.3 Å². The van der Waals surface area contributed by atoms with Crippen LogP contribution >= 0.6 is 11.3 Å². The summed E-state index contributed by atoms with van der Waals surface area (Å²) in [5.74, 6) is -1.01. The zero-order chi connectivity index (χ0) is 25.4. The van der Waals surface area contributed by atoms with Gasteiger partial charge in [0.05, 0.1) is 18.1 Å². The lowest BCUT2D eigenvalue weighted by molar-refractivity contribution is 0.0478. The lowest BCUT2D eigenvalue weighted by atomic mass is 10.1. The van der Waals surface area contributed by atoms with Crippen molar-refractivity contribution in [1.29, 1.82) is 0 Å². The molecule has 9 nitrogen and oxygen atoms in total. The lowest BCUT2D eigenvalue weighted by Crippen LogP contribution is -2.15. The van der Waals surface area contributed by atoms with E-state index < -0.39 is 18.5 Å². The van der Waals surface area contributed by atoms with Crippen LogP contribution in [0.3, 0.4) is 0 Å². The number of thiophene rings is 1. The number of H-pyrrole nitrogens is 1. The number of aromatic nitrogens is 3. The monoisotopic (exact) mass is 493 g/mol. The van der Waals surface area contributed by atoms with Crippen LogP contribution in [0.5, 0.6) is 0 Å². The average Bonchev–Trinajstić information content (AvgIpc) is 3.32. The van der Waals surface area contributed by atoms with Gasteiger partial charge in [-0.3, -0.25) is 9.59 Å². The van der Waals surface area contributed by atoms with Crippen LogP contribution in [0.15, 0.2) is 35.1 Å². The summed E-state index contributed by atoms with van der Waals surface area (Å²) in [7, 11) is 1.32. The van der Waals surface area contributed by atoms with Crippen LogP contribution in [-0.4, -0.2) is 46.0 Å². The van der Waals surface area contributed by atoms with Gasteiger partial charge in [0, 0.05) is 22.6 Å². The second kappa shape index (κ2) is 9.30. The fourth-order valence-electron chi connectivity index (χ4n) is 4.03. The number of aromatic amines is 1. The van der Waals surface area contributed by atoms with Gasteiger partial charge in [0.15, 0.2) is 6.61 Å². The Morgan fingerprint density at radius 1 is 1.06 bits per heavy atom. The molecule has 0 unspecified atom stereocenters. The van der Waals surface area contributed by atoms with E-state index in [2.05, 4.69) is 9.97 Å². The van der Waals surface area contributed by atoms with Gasteiger partial charge in [0.2, 0.25) is 5.78 Å². The summed E-state index contributed by atoms with van der Waals surface area (Å²) in [6.45, 7) is 6.53. The van der Waals surface area contributed by atoms with E-state index in [9.17, 15) is 19.2 Å². The van der Waals surface area contributed by atoms with E-state index in [-0.39, 0.29) is 16.2 Å². The second-order valence-corrected chi connectivity index (χ2v) is 9.04. The van der Waals surface area contributed by atoms with Crippen molar-refractivity contribution in [1.82, 2.24) is 14.5 Å². The number of hydrogen-bond donors (Lipinski definition) is 1. The van der Waals surface area contributed by atoms with Gasteiger partial charge in [-0.25, -0.2) is 14.6 Å². The minimum Gasteiger partial charge on any atom is -0.465 e. The molecule has 35 heavy (non-hydrogen) atoms. The fourth-order valence-corrected chi connectivity index (χ4v) is 5.15. The number of nitrogens with zero attached hydrogens (tertiary/aromatic N) is 2. The molecule has 0 bridgehead atoms. The number of carbonyl (C=O) groups is 3. The molecule has 3 aromatic heterocycles. The Labute approximate surface area is 204 Å². The maximum absolute atomic E-state index is 12.9. The van der Waals surface area contributed by atoms with Gasteiger partial charge >= 0.3 is 11.9 Å². The number of rotatable bonds is 6. The first kappa shape index (κ1) is 24.1. The van der Waals surface area contributed by atoms with Gasteiger partial charge in [-0.05, 0) is 63.6 Å². The Morgan fingerprint density at radius 3 is 2.40 bits per heavy atom. The van der Waals surface area contributed by atoms with E-state index in [0.717, 1.165) is 22.7 Å². The molecule has 1 N–H and O–H groups in total. The van der Waals surface area contributed by atoms with Crippen LogP contribution in [0.4, 0.5) is 0 Å². The van der Waals surface area contributed by atoms with Crippen LogP contribution in [0.2, 0.25) is 0 Å². The fraction of sp³-hybridized carbons (Fsp3) is 0.240. The first-order valence-corrected chi connectivity index (χ1v) is 11.5. The molecule has 4 aromatic rings. The number of fused-ring (bicyclic) bond motifs is 1. The van der Waals surface area contributed by atoms with Gasteiger partial charge in [-0.1, -0.05) is 0 Å². The maximum atomic E-state index is 12.9. The van der Waals surface area contributed by atoms with Crippen molar-refractivity contribution in [2.45, 2.75) is 27.7 Å². The van der Waals surface area contributed by atoms with Crippen LogP contribution in [0.25, 0.3) is 15.9 Å². The highest BCUT2D eigenvalue weighted by molar-refractivity contribution is 7.20. The number of ketones is 1. The summed E-state index contributed by atoms with van der Waals surface area (Å²) >= 11 is 1.07. The predicted octanol–water partition coefficient (Wildman–Crippen LogP) is 3.84. The third-order valence-corrected chi connectivity index (χ3v) is 6.88. The standard InChI is InChI=1S/C25H23N3O6S/c1-12-10-18(14(3)28(12)17-8-6-16(7-9-17)24(31)33-5)19(29)11-34-25(32)21-13(2)20-22(30)26-15(4)27-23(20)35-21/h6-10H,11H2,1-5H3,(H,26,27,30). The molecule has 4 rings (SSSR count). The molecular weight excluding hydrogens is 470 g/mol. The van der Waals surface area contributed by atoms with Gasteiger partial charge in [-0.2, -0.15) is 0 Å². The first-order chi connectivity index (χ1) is 16.6. The first-order valence-electron chi connectivity index (χ1n) is 10.7. The summed E-state index contributed by atoms with van der Waals surface area (Å²) in [5, 5.41) is 0.348. The molecule has 0 saturated carbocycles. The van der Waals surface area contributed by atoms with Crippen molar-refractivity contribution in [2.24, 2.45) is 0 Å². The zero-order valence-electron chi connectivity index (χ0n) is 19.8. The summed E-state index contributed by atoms with van der Waals surface area (Å²) in [6, 6.07) is 8.57. The van der Waals surface area contributed by atoms with Gasteiger partial charge < -0.3 is 19.0 Å². The number of esters is 2. The SMILES string of the molecule is COC(=O)c1ccc(-n2c(C)cc(C(=O)COC(=O)c3sc4nc(C)[nH]c(=O)c4c3C)c2C)cc1. The summed E-state index contributed by atoms with van der Waals surface area (Å²) < 4.78 is 11.9. The van der Waals surface area contributed by atoms with E-state index in [1.807, 2.05) is 11.5 Å². The molecule has 0 aliphatic heterocycles. The molecule has 0 aliphatic carbocycles. The average molecular weight is 494 g/mol. The lowest BCUT2D eigenvalue weighted by Gasteiger charge is -2.10. The normalized spacial score (nSPS) is 11.0. The Morgan fingerprint density at radius 2 is 1.74 bits per heavy atom. The van der Waals surface area contributed by atoms with Crippen molar-refractivity contribution in [3.63, 3.8) is 0 Å². The highest BCUT2D eigenvalue weighted by atomic mass is 32.1. The van der Waals surface area contributed by atoms with E-state index in [4.69, 9.17) is 9.47 Å². The number of methoxy groups -OCH3 is 1. The van der Waals surface area contributed by atoms with Crippen LogP contribution < -0.4 is 5.56 Å². The van der Waals surface area contributed by atoms with Crippen LogP contribution in [0, 0.1) is 27.7 Å². The number of hydrogen-bond acceptors (Lipinski definition) is 8. The maximum Gasteiger partial charge on any atom is 0.349 e. The third kappa shape index (κ3) is 4.40. The van der Waals surface area contributed by atoms with E-state index in [1.54, 1.807) is 51.1 Å². The molecule has 0 amide bonds. The third-order valence-electron chi connectivity index (χ3n) is 5.72. The predicted molar refractivity (Wildman–Crippen MR) is 131 cm³/mol. The van der Waals surface area contributed by atoms with Gasteiger partial charge in [0.1, 0.15) is 15.5 Å². The Kier molecular flexibility index (Phi) is 6.40. The van der Waals surface area contributed by atoms with Crippen molar-refractivity contribution in [3.8, 4) is 5.69 Å². The molecule has 10 heteroatoms. The van der Waals surface area contributed by atoms with E-state index in [1.165, 1.54) is 7.11 Å². The molecular formula is C25H23N3O6S. The second-order valence-electron chi connectivity index (χ2n) is 8.05. The molecule has 0 fully saturated rings. The van der Waals surface area contributed by atoms with E-state index >= 15 is 0 Å². The number of Topliss-reactive ketones (excluding diaryl/α,β-unsaturated/α-hetero) is 1. The van der Waals surface area contributed by atoms with Crippen LogP contribution in [-0.2, 0) is 9.47 Å². The number of aryl methyl sites for hydroxylation is 3.